The fourth-order valence-electron chi connectivity index (χ4n) is 5.67. The fourth-order valence-corrected chi connectivity index (χ4v) is 5.67. The average molecular weight is 329 g/mol. The predicted octanol–water partition coefficient (Wildman–Crippen LogP) is 1.87. The molecule has 4 aliphatic rings. The number of amides is 1. The van der Waals surface area contributed by atoms with Crippen molar-refractivity contribution in [2.75, 3.05) is 13.1 Å². The van der Waals surface area contributed by atoms with Gasteiger partial charge in [-0.3, -0.25) is 4.79 Å². The van der Waals surface area contributed by atoms with Crippen LogP contribution in [0.1, 0.15) is 38.5 Å². The van der Waals surface area contributed by atoms with E-state index in [0.29, 0.717) is 29.2 Å². The van der Waals surface area contributed by atoms with Gasteiger partial charge in [0.25, 0.3) is 0 Å². The summed E-state index contributed by atoms with van der Waals surface area (Å²) in [6, 6.07) is 1.81. The van der Waals surface area contributed by atoms with E-state index in [9.17, 15) is 9.18 Å². The molecule has 1 N–H and O–H groups in total. The highest BCUT2D eigenvalue weighted by Crippen LogP contribution is 2.68. The maximum absolute atomic E-state index is 13.5. The Bertz CT molecular complexity index is 617. The highest BCUT2D eigenvalue weighted by atomic mass is 19.1. The van der Waals surface area contributed by atoms with Crippen LogP contribution in [-0.4, -0.2) is 42.2 Å². The summed E-state index contributed by atoms with van der Waals surface area (Å²) in [6.07, 6.45) is 10.5. The molecule has 1 spiro atoms. The molecular weight excluding hydrogens is 305 g/mol. The molecule has 3 aliphatic carbocycles. The standard InChI is InChI=1S/C19H24FN3O/c1-2-12-5-13-7-17(19(3-4-19)16(13)6-12)22-10-18(24)23-11-14(20)8-15(23)9-21/h1,12-17,22H,3-8,10-11H2/t12?,13-,14+,15+,16-,17-/m1/s1. The van der Waals surface area contributed by atoms with Crippen molar-refractivity contribution in [3.05, 3.63) is 0 Å². The zero-order valence-corrected chi connectivity index (χ0v) is 13.9. The van der Waals surface area contributed by atoms with Gasteiger partial charge in [-0.1, -0.05) is 0 Å². The Labute approximate surface area is 142 Å². The van der Waals surface area contributed by atoms with Crippen LogP contribution in [0.3, 0.4) is 0 Å². The molecule has 1 aliphatic heterocycles. The van der Waals surface area contributed by atoms with Crippen LogP contribution in [0, 0.1) is 46.8 Å². The van der Waals surface area contributed by atoms with Gasteiger partial charge in [-0.05, 0) is 49.4 Å². The van der Waals surface area contributed by atoms with Crippen LogP contribution < -0.4 is 5.32 Å². The summed E-state index contributed by atoms with van der Waals surface area (Å²) in [5, 5.41) is 12.5. The number of likely N-dealkylation sites (tertiary alicyclic amines) is 1. The molecule has 24 heavy (non-hydrogen) atoms. The van der Waals surface area contributed by atoms with Gasteiger partial charge >= 0.3 is 0 Å². The molecule has 128 valence electrons. The maximum atomic E-state index is 13.5. The Morgan fingerprint density at radius 1 is 1.33 bits per heavy atom. The van der Waals surface area contributed by atoms with Crippen molar-refractivity contribution in [2.24, 2.45) is 23.2 Å². The summed E-state index contributed by atoms with van der Waals surface area (Å²) in [5.41, 5.74) is 0.346. The molecular formula is C19H24FN3O. The van der Waals surface area contributed by atoms with Crippen LogP contribution >= 0.6 is 0 Å². The monoisotopic (exact) mass is 329 g/mol. The molecule has 1 unspecified atom stereocenters. The molecule has 1 amide bonds. The Kier molecular flexibility index (Phi) is 3.81. The van der Waals surface area contributed by atoms with Crippen LogP contribution in [-0.2, 0) is 4.79 Å². The molecule has 0 aromatic rings. The number of alkyl halides is 1. The third-order valence-electron chi connectivity index (χ3n) is 6.95. The first-order chi connectivity index (χ1) is 11.6. The van der Waals surface area contributed by atoms with Gasteiger partial charge in [-0.25, -0.2) is 4.39 Å². The summed E-state index contributed by atoms with van der Waals surface area (Å²) in [4.78, 5) is 13.8. The number of hydrogen-bond donors (Lipinski definition) is 1. The molecule has 6 atom stereocenters. The third kappa shape index (κ3) is 2.42. The number of nitriles is 1. The second-order valence-corrected chi connectivity index (χ2v) is 8.13. The highest BCUT2D eigenvalue weighted by molar-refractivity contribution is 5.79. The van der Waals surface area contributed by atoms with E-state index in [0.717, 1.165) is 19.3 Å². The van der Waals surface area contributed by atoms with Crippen molar-refractivity contribution < 1.29 is 9.18 Å². The van der Waals surface area contributed by atoms with Crippen molar-refractivity contribution >= 4 is 5.91 Å². The third-order valence-corrected chi connectivity index (χ3v) is 6.95. The van der Waals surface area contributed by atoms with E-state index in [1.807, 2.05) is 6.07 Å². The van der Waals surface area contributed by atoms with Crippen molar-refractivity contribution in [2.45, 2.75) is 56.8 Å². The topological polar surface area (TPSA) is 56.1 Å². The number of hydrogen-bond acceptors (Lipinski definition) is 3. The molecule has 0 radical (unpaired) electrons. The first-order valence-corrected chi connectivity index (χ1v) is 9.10. The van der Waals surface area contributed by atoms with Crippen LogP contribution in [0.4, 0.5) is 4.39 Å². The van der Waals surface area contributed by atoms with E-state index >= 15 is 0 Å². The number of fused-ring (bicyclic) bond motifs is 2. The molecule has 4 fully saturated rings. The van der Waals surface area contributed by atoms with E-state index < -0.39 is 12.2 Å². The highest BCUT2D eigenvalue weighted by Gasteiger charge is 2.63. The number of halogens is 1. The Morgan fingerprint density at radius 2 is 2.12 bits per heavy atom. The molecule has 1 heterocycles. The first kappa shape index (κ1) is 15.9. The summed E-state index contributed by atoms with van der Waals surface area (Å²) < 4.78 is 13.5. The van der Waals surface area contributed by atoms with Gasteiger partial charge in [0, 0.05) is 18.4 Å². The summed E-state index contributed by atoms with van der Waals surface area (Å²) in [7, 11) is 0. The van der Waals surface area contributed by atoms with Crippen LogP contribution in [0.5, 0.6) is 0 Å². The number of carbonyl (C=O) groups is 1. The van der Waals surface area contributed by atoms with Crippen LogP contribution in [0.25, 0.3) is 0 Å². The molecule has 5 heteroatoms. The zero-order valence-electron chi connectivity index (χ0n) is 13.9. The second-order valence-electron chi connectivity index (χ2n) is 8.13. The number of terminal acetylenes is 1. The van der Waals surface area contributed by atoms with E-state index in [-0.39, 0.29) is 25.4 Å². The quantitative estimate of drug-likeness (QED) is 0.804. The number of rotatable bonds is 3. The van der Waals surface area contributed by atoms with Gasteiger partial charge in [-0.2, -0.15) is 5.26 Å². The van der Waals surface area contributed by atoms with E-state index in [2.05, 4.69) is 11.2 Å². The van der Waals surface area contributed by atoms with Crippen LogP contribution in [0.2, 0.25) is 0 Å². The smallest absolute Gasteiger partial charge is 0.237 e. The zero-order chi connectivity index (χ0) is 16.9. The van der Waals surface area contributed by atoms with Crippen molar-refractivity contribution in [1.82, 2.24) is 10.2 Å². The van der Waals surface area contributed by atoms with Gasteiger partial charge in [0.1, 0.15) is 12.2 Å². The molecule has 4 rings (SSSR count). The average Bonchev–Trinajstić information content (AvgIpc) is 3.00. The lowest BCUT2D eigenvalue weighted by atomic mass is 9.86. The lowest BCUT2D eigenvalue weighted by Crippen LogP contribution is -2.45. The van der Waals surface area contributed by atoms with Gasteiger partial charge in [0.15, 0.2) is 0 Å². The van der Waals surface area contributed by atoms with Gasteiger partial charge < -0.3 is 10.2 Å². The second kappa shape index (κ2) is 5.74. The van der Waals surface area contributed by atoms with Crippen LogP contribution in [0.15, 0.2) is 0 Å². The Balaban J connectivity index is 1.35. The predicted molar refractivity (Wildman–Crippen MR) is 87.2 cm³/mol. The van der Waals surface area contributed by atoms with Gasteiger partial charge in [-0.15, -0.1) is 12.3 Å². The SMILES string of the molecule is C#CC1C[C@@H]2C[C@@H](NCC(=O)N3C[C@@H](F)C[C@H]3C#N)C3(CC3)[C@@H]2C1. The Morgan fingerprint density at radius 3 is 2.79 bits per heavy atom. The fraction of sp³-hybridized carbons (Fsp3) is 0.789. The largest absolute Gasteiger partial charge is 0.323 e. The Hall–Kier alpha value is -1.59. The lowest BCUT2D eigenvalue weighted by molar-refractivity contribution is -0.130. The number of nitrogens with zero attached hydrogens (tertiary/aromatic N) is 2. The summed E-state index contributed by atoms with van der Waals surface area (Å²) in [6.45, 7) is 0.277. The van der Waals surface area contributed by atoms with E-state index in [1.165, 1.54) is 17.7 Å². The van der Waals surface area contributed by atoms with E-state index in [4.69, 9.17) is 11.7 Å². The first-order valence-electron chi connectivity index (χ1n) is 9.10. The minimum absolute atomic E-state index is 0.0592. The number of nitrogens with one attached hydrogen (secondary N) is 1. The van der Waals surface area contributed by atoms with Crippen molar-refractivity contribution in [3.63, 3.8) is 0 Å². The van der Waals surface area contributed by atoms with E-state index in [1.54, 1.807) is 0 Å². The normalized spacial score (nSPS) is 41.9. The molecule has 4 nitrogen and oxygen atoms in total. The molecule has 0 aromatic carbocycles. The minimum Gasteiger partial charge on any atom is -0.323 e. The van der Waals surface area contributed by atoms with Crippen molar-refractivity contribution in [1.29, 1.82) is 5.26 Å². The lowest BCUT2D eigenvalue weighted by Gasteiger charge is -2.26. The van der Waals surface area contributed by atoms with Crippen molar-refractivity contribution in [3.8, 4) is 18.4 Å². The van der Waals surface area contributed by atoms with Gasteiger partial charge in [0.2, 0.25) is 5.91 Å². The molecule has 0 bridgehead atoms. The minimum atomic E-state index is -1.07. The molecule has 0 aromatic heterocycles. The number of carbonyl (C=O) groups excluding carboxylic acids is 1. The molecule has 3 saturated carbocycles. The summed E-state index contributed by atoms with van der Waals surface area (Å²) >= 11 is 0. The maximum Gasteiger partial charge on any atom is 0.237 e. The summed E-state index contributed by atoms with van der Waals surface area (Å²) in [5.74, 6) is 4.62. The van der Waals surface area contributed by atoms with Gasteiger partial charge in [0.05, 0.1) is 19.2 Å². The molecule has 1 saturated heterocycles.